The van der Waals surface area contributed by atoms with Crippen molar-refractivity contribution in [3.8, 4) is 0 Å². The van der Waals surface area contributed by atoms with Gasteiger partial charge in [0.15, 0.2) is 0 Å². The van der Waals surface area contributed by atoms with Crippen molar-refractivity contribution in [2.75, 3.05) is 18.4 Å². The van der Waals surface area contributed by atoms with Crippen LogP contribution in [0, 0.1) is 16.0 Å². The normalized spacial score (nSPS) is 14.2. The molecular weight excluding hydrogens is 314 g/mol. The Bertz CT molecular complexity index is 503. The van der Waals surface area contributed by atoms with Gasteiger partial charge in [-0.15, -0.1) is 0 Å². The Kier molecular flexibility index (Phi) is 4.49. The number of nitro groups is 1. The van der Waals surface area contributed by atoms with Crippen molar-refractivity contribution in [3.63, 3.8) is 0 Å². The number of rotatable bonds is 6. The van der Waals surface area contributed by atoms with Crippen LogP contribution in [-0.2, 0) is 4.79 Å². The zero-order chi connectivity index (χ0) is 13.8. The van der Waals surface area contributed by atoms with Gasteiger partial charge in [0.2, 0.25) is 5.91 Å². The van der Waals surface area contributed by atoms with Gasteiger partial charge in [-0.3, -0.25) is 14.9 Å². The molecule has 0 radical (unpaired) electrons. The number of nitrogens with zero attached hydrogens (tertiary/aromatic N) is 1. The summed E-state index contributed by atoms with van der Waals surface area (Å²) in [6.07, 6.45) is 2.48. The second kappa shape index (κ2) is 6.12. The lowest BCUT2D eigenvalue weighted by Crippen LogP contribution is -2.29. The van der Waals surface area contributed by atoms with Crippen LogP contribution in [0.1, 0.15) is 12.8 Å². The third kappa shape index (κ3) is 4.29. The van der Waals surface area contributed by atoms with E-state index in [1.165, 1.54) is 31.0 Å². The molecule has 1 aliphatic rings. The number of nitrogens with one attached hydrogen (secondary N) is 2. The largest absolute Gasteiger partial charge is 0.324 e. The van der Waals surface area contributed by atoms with Gasteiger partial charge in [0.05, 0.1) is 17.2 Å². The molecule has 0 saturated heterocycles. The predicted octanol–water partition coefficient (Wildman–Crippen LogP) is 2.30. The minimum absolute atomic E-state index is 0.0169. The first-order valence-electron chi connectivity index (χ1n) is 6.01. The first-order chi connectivity index (χ1) is 9.06. The highest BCUT2D eigenvalue weighted by Crippen LogP contribution is 2.28. The fourth-order valence-corrected chi connectivity index (χ4v) is 2.09. The van der Waals surface area contributed by atoms with Gasteiger partial charge in [0.1, 0.15) is 0 Å². The average Bonchev–Trinajstić information content (AvgIpc) is 3.15. The SMILES string of the molecule is O=C(CNCC1CC1)Nc1ccc([N+](=O)[O-])cc1Br. The monoisotopic (exact) mass is 327 g/mol. The van der Waals surface area contributed by atoms with Gasteiger partial charge < -0.3 is 10.6 Å². The highest BCUT2D eigenvalue weighted by molar-refractivity contribution is 9.10. The average molecular weight is 328 g/mol. The van der Waals surface area contributed by atoms with E-state index >= 15 is 0 Å². The van der Waals surface area contributed by atoms with E-state index in [9.17, 15) is 14.9 Å². The molecule has 0 bridgehead atoms. The van der Waals surface area contributed by atoms with Gasteiger partial charge in [0, 0.05) is 16.6 Å². The number of amides is 1. The summed E-state index contributed by atoms with van der Waals surface area (Å²) in [6.45, 7) is 1.12. The number of benzene rings is 1. The Morgan fingerprint density at radius 2 is 2.21 bits per heavy atom. The first kappa shape index (κ1) is 14.0. The number of nitro benzene ring substituents is 1. The Hall–Kier alpha value is -1.47. The molecule has 2 N–H and O–H groups in total. The smallest absolute Gasteiger partial charge is 0.270 e. The zero-order valence-electron chi connectivity index (χ0n) is 10.2. The highest BCUT2D eigenvalue weighted by atomic mass is 79.9. The van der Waals surface area contributed by atoms with Crippen LogP contribution in [0.3, 0.4) is 0 Å². The van der Waals surface area contributed by atoms with Gasteiger partial charge in [-0.05, 0) is 47.3 Å². The number of hydrogen-bond acceptors (Lipinski definition) is 4. The molecule has 7 heteroatoms. The molecule has 0 aliphatic heterocycles. The molecule has 6 nitrogen and oxygen atoms in total. The molecule has 1 fully saturated rings. The van der Waals surface area contributed by atoms with E-state index < -0.39 is 4.92 Å². The quantitative estimate of drug-likeness (QED) is 0.620. The Labute approximate surface area is 118 Å². The first-order valence-corrected chi connectivity index (χ1v) is 6.80. The highest BCUT2D eigenvalue weighted by Gasteiger charge is 2.20. The maximum Gasteiger partial charge on any atom is 0.270 e. The van der Waals surface area contributed by atoms with E-state index in [-0.39, 0.29) is 18.1 Å². The zero-order valence-corrected chi connectivity index (χ0v) is 11.8. The topological polar surface area (TPSA) is 84.3 Å². The Morgan fingerprint density at radius 1 is 1.47 bits per heavy atom. The lowest BCUT2D eigenvalue weighted by atomic mass is 10.3. The predicted molar refractivity (Wildman–Crippen MR) is 75.0 cm³/mol. The molecule has 1 aromatic rings. The van der Waals surface area contributed by atoms with E-state index in [2.05, 4.69) is 26.6 Å². The van der Waals surface area contributed by atoms with Crippen LogP contribution in [-0.4, -0.2) is 23.9 Å². The summed E-state index contributed by atoms with van der Waals surface area (Å²) in [7, 11) is 0. The third-order valence-corrected chi connectivity index (χ3v) is 3.51. The fourth-order valence-electron chi connectivity index (χ4n) is 1.63. The van der Waals surface area contributed by atoms with E-state index in [1.807, 2.05) is 0 Å². The van der Waals surface area contributed by atoms with E-state index in [4.69, 9.17) is 0 Å². The molecular formula is C12H14BrN3O3. The van der Waals surface area contributed by atoms with Crippen LogP contribution in [0.2, 0.25) is 0 Å². The van der Waals surface area contributed by atoms with Gasteiger partial charge in [-0.1, -0.05) is 0 Å². The van der Waals surface area contributed by atoms with Crippen molar-refractivity contribution in [2.45, 2.75) is 12.8 Å². The third-order valence-electron chi connectivity index (χ3n) is 2.85. The van der Waals surface area contributed by atoms with Gasteiger partial charge in [-0.2, -0.15) is 0 Å². The number of carbonyl (C=O) groups is 1. The second-order valence-electron chi connectivity index (χ2n) is 4.54. The van der Waals surface area contributed by atoms with Crippen molar-refractivity contribution in [3.05, 3.63) is 32.8 Å². The molecule has 1 amide bonds. The van der Waals surface area contributed by atoms with Crippen LogP contribution >= 0.6 is 15.9 Å². The van der Waals surface area contributed by atoms with E-state index in [0.29, 0.717) is 10.2 Å². The summed E-state index contributed by atoms with van der Waals surface area (Å²) in [5, 5.41) is 16.4. The lowest BCUT2D eigenvalue weighted by molar-refractivity contribution is -0.384. The van der Waals surface area contributed by atoms with Crippen molar-refractivity contribution in [1.29, 1.82) is 0 Å². The molecule has 19 heavy (non-hydrogen) atoms. The van der Waals surface area contributed by atoms with Crippen LogP contribution in [0.4, 0.5) is 11.4 Å². The molecule has 0 heterocycles. The van der Waals surface area contributed by atoms with Crippen molar-refractivity contribution >= 4 is 33.2 Å². The second-order valence-corrected chi connectivity index (χ2v) is 5.40. The number of halogens is 1. The summed E-state index contributed by atoms with van der Waals surface area (Å²) in [6, 6.07) is 4.24. The molecule has 0 aromatic heterocycles. The van der Waals surface area contributed by atoms with Crippen LogP contribution in [0.15, 0.2) is 22.7 Å². The number of hydrogen-bond donors (Lipinski definition) is 2. The number of carbonyl (C=O) groups excluding carboxylic acids is 1. The summed E-state index contributed by atoms with van der Waals surface area (Å²) >= 11 is 3.21. The Morgan fingerprint density at radius 3 is 2.79 bits per heavy atom. The van der Waals surface area contributed by atoms with Crippen molar-refractivity contribution in [1.82, 2.24) is 5.32 Å². The summed E-state index contributed by atoms with van der Waals surface area (Å²) in [5.41, 5.74) is 0.514. The number of non-ortho nitro benzene ring substituents is 1. The van der Waals surface area contributed by atoms with Crippen LogP contribution in [0.5, 0.6) is 0 Å². The van der Waals surface area contributed by atoms with E-state index in [0.717, 1.165) is 12.5 Å². The minimum atomic E-state index is -0.479. The van der Waals surface area contributed by atoms with Crippen LogP contribution < -0.4 is 10.6 Å². The molecule has 0 unspecified atom stereocenters. The molecule has 1 aliphatic carbocycles. The summed E-state index contributed by atoms with van der Waals surface area (Å²) in [4.78, 5) is 21.8. The van der Waals surface area contributed by atoms with Crippen molar-refractivity contribution in [2.24, 2.45) is 5.92 Å². The Balaban J connectivity index is 1.86. The van der Waals surface area contributed by atoms with Crippen molar-refractivity contribution < 1.29 is 9.72 Å². The summed E-state index contributed by atoms with van der Waals surface area (Å²) in [5.74, 6) is 0.564. The minimum Gasteiger partial charge on any atom is -0.324 e. The summed E-state index contributed by atoms with van der Waals surface area (Å²) < 4.78 is 0.497. The maximum absolute atomic E-state index is 11.7. The molecule has 0 spiro atoms. The van der Waals surface area contributed by atoms with Gasteiger partial charge >= 0.3 is 0 Å². The van der Waals surface area contributed by atoms with E-state index in [1.54, 1.807) is 0 Å². The standard InChI is InChI=1S/C12H14BrN3O3/c13-10-5-9(16(18)19)3-4-11(10)15-12(17)7-14-6-8-1-2-8/h3-5,8,14H,1-2,6-7H2,(H,15,17). The molecule has 1 saturated carbocycles. The maximum atomic E-state index is 11.7. The van der Waals surface area contributed by atoms with Gasteiger partial charge in [0.25, 0.3) is 5.69 Å². The fraction of sp³-hybridized carbons (Fsp3) is 0.417. The molecule has 0 atom stereocenters. The number of anilines is 1. The molecule has 102 valence electrons. The molecule has 2 rings (SSSR count). The van der Waals surface area contributed by atoms with Gasteiger partial charge in [-0.25, -0.2) is 0 Å². The lowest BCUT2D eigenvalue weighted by Gasteiger charge is -2.08. The molecule has 1 aromatic carbocycles. The van der Waals surface area contributed by atoms with Crippen LogP contribution in [0.25, 0.3) is 0 Å².